The monoisotopic (exact) mass is 319 g/mol. The van der Waals surface area contributed by atoms with E-state index in [4.69, 9.17) is 14.3 Å². The third-order valence-electron chi connectivity index (χ3n) is 2.52. The molecule has 1 N–H and O–H groups in total. The Morgan fingerprint density at radius 2 is 2.00 bits per heavy atom. The van der Waals surface area contributed by atoms with Crippen LogP contribution in [-0.2, 0) is 19.6 Å². The van der Waals surface area contributed by atoms with Crippen LogP contribution in [-0.4, -0.2) is 49.0 Å². The van der Waals surface area contributed by atoms with E-state index in [0.717, 1.165) is 16.4 Å². The van der Waals surface area contributed by atoms with E-state index in [1.165, 1.54) is 0 Å². The van der Waals surface area contributed by atoms with E-state index < -0.39 is 45.4 Å². The highest BCUT2D eigenvalue weighted by Crippen LogP contribution is 2.21. The molecule has 0 saturated heterocycles. The number of hydrogen-bond acceptors (Lipinski definition) is 6. The standard InChI is InChI=1S/C12H17NO7S/c1-4-19-10(14)7-13(8(2)3)21(17,18)11-6-5-9(20-11)12(15)16/h5-6,8H,4,7H2,1-3H3,(H,15,16). The first-order chi connectivity index (χ1) is 9.70. The SMILES string of the molecule is CCOC(=O)CN(C(C)C)S(=O)(=O)c1ccc(C(=O)O)o1. The van der Waals surface area contributed by atoms with Gasteiger partial charge < -0.3 is 14.3 Å². The molecule has 0 unspecified atom stereocenters. The second-order valence-corrected chi connectivity index (χ2v) is 6.19. The Hall–Kier alpha value is -1.87. The highest BCUT2D eigenvalue weighted by molar-refractivity contribution is 7.89. The lowest BCUT2D eigenvalue weighted by Crippen LogP contribution is -2.41. The number of aromatic carboxylic acids is 1. The van der Waals surface area contributed by atoms with E-state index in [-0.39, 0.29) is 6.61 Å². The number of carboxylic acid groups (broad SMARTS) is 1. The number of nitrogens with zero attached hydrogens (tertiary/aromatic N) is 1. The van der Waals surface area contributed by atoms with Crippen LogP contribution in [0.1, 0.15) is 31.3 Å². The van der Waals surface area contributed by atoms with Gasteiger partial charge in [0.05, 0.1) is 6.61 Å². The fraction of sp³-hybridized carbons (Fsp3) is 0.500. The molecule has 9 heteroatoms. The Morgan fingerprint density at radius 3 is 2.43 bits per heavy atom. The number of rotatable bonds is 7. The summed E-state index contributed by atoms with van der Waals surface area (Å²) in [5.74, 6) is -2.56. The molecule has 0 radical (unpaired) electrons. The van der Waals surface area contributed by atoms with Crippen LogP contribution in [0.2, 0.25) is 0 Å². The van der Waals surface area contributed by atoms with Crippen molar-refractivity contribution in [3.8, 4) is 0 Å². The van der Waals surface area contributed by atoms with Gasteiger partial charge in [-0.25, -0.2) is 13.2 Å². The van der Waals surface area contributed by atoms with Crippen molar-refractivity contribution in [1.29, 1.82) is 0 Å². The zero-order valence-corrected chi connectivity index (χ0v) is 12.7. The third-order valence-corrected chi connectivity index (χ3v) is 4.42. The van der Waals surface area contributed by atoms with Crippen LogP contribution in [0, 0.1) is 0 Å². The molecule has 0 amide bonds. The smallest absolute Gasteiger partial charge is 0.371 e. The van der Waals surface area contributed by atoms with Crippen LogP contribution in [0.4, 0.5) is 0 Å². The van der Waals surface area contributed by atoms with E-state index in [0.29, 0.717) is 0 Å². The van der Waals surface area contributed by atoms with Crippen molar-refractivity contribution in [2.75, 3.05) is 13.2 Å². The van der Waals surface area contributed by atoms with Crippen molar-refractivity contribution in [1.82, 2.24) is 4.31 Å². The lowest BCUT2D eigenvalue weighted by Gasteiger charge is -2.23. The summed E-state index contributed by atoms with van der Waals surface area (Å²) in [6.45, 7) is 4.43. The summed E-state index contributed by atoms with van der Waals surface area (Å²) >= 11 is 0. The number of hydrogen-bond donors (Lipinski definition) is 1. The molecule has 118 valence electrons. The van der Waals surface area contributed by atoms with Crippen LogP contribution < -0.4 is 0 Å². The molecule has 0 spiro atoms. The van der Waals surface area contributed by atoms with Crippen LogP contribution >= 0.6 is 0 Å². The van der Waals surface area contributed by atoms with Crippen molar-refractivity contribution in [2.24, 2.45) is 0 Å². The van der Waals surface area contributed by atoms with E-state index in [1.807, 2.05) is 0 Å². The number of furan rings is 1. The zero-order valence-electron chi connectivity index (χ0n) is 11.9. The fourth-order valence-electron chi connectivity index (χ4n) is 1.57. The summed E-state index contributed by atoms with van der Waals surface area (Å²) in [7, 11) is -4.12. The molecule has 0 bridgehead atoms. The van der Waals surface area contributed by atoms with Gasteiger partial charge in [0.1, 0.15) is 6.54 Å². The van der Waals surface area contributed by atoms with E-state index >= 15 is 0 Å². The van der Waals surface area contributed by atoms with Crippen molar-refractivity contribution in [3.63, 3.8) is 0 Å². The van der Waals surface area contributed by atoms with Gasteiger partial charge in [0.25, 0.3) is 10.0 Å². The first-order valence-corrected chi connectivity index (χ1v) is 7.64. The zero-order chi connectivity index (χ0) is 16.2. The van der Waals surface area contributed by atoms with Crippen molar-refractivity contribution in [2.45, 2.75) is 31.9 Å². The lowest BCUT2D eigenvalue weighted by molar-refractivity contribution is -0.143. The highest BCUT2D eigenvalue weighted by atomic mass is 32.2. The normalized spacial score (nSPS) is 11.9. The maximum Gasteiger partial charge on any atom is 0.371 e. The molecule has 1 heterocycles. The molecular weight excluding hydrogens is 302 g/mol. The second-order valence-electron chi connectivity index (χ2n) is 4.37. The predicted molar refractivity (Wildman–Crippen MR) is 71.3 cm³/mol. The molecule has 0 saturated carbocycles. The summed E-state index contributed by atoms with van der Waals surface area (Å²) in [5, 5.41) is 8.22. The fourth-order valence-corrected chi connectivity index (χ4v) is 3.06. The van der Waals surface area contributed by atoms with Gasteiger partial charge in [-0.15, -0.1) is 0 Å². The highest BCUT2D eigenvalue weighted by Gasteiger charge is 2.32. The van der Waals surface area contributed by atoms with E-state index in [1.54, 1.807) is 20.8 Å². The van der Waals surface area contributed by atoms with Gasteiger partial charge in [0.15, 0.2) is 0 Å². The van der Waals surface area contributed by atoms with E-state index in [2.05, 4.69) is 0 Å². The lowest BCUT2D eigenvalue weighted by atomic mass is 10.4. The molecule has 21 heavy (non-hydrogen) atoms. The molecule has 1 aromatic rings. The molecule has 8 nitrogen and oxygen atoms in total. The minimum atomic E-state index is -4.12. The average molecular weight is 319 g/mol. The Labute approximate surface area is 122 Å². The molecule has 1 aromatic heterocycles. The number of carbonyl (C=O) groups is 2. The van der Waals surface area contributed by atoms with Crippen LogP contribution in [0.3, 0.4) is 0 Å². The second kappa shape index (κ2) is 6.72. The minimum Gasteiger partial charge on any atom is -0.475 e. The van der Waals surface area contributed by atoms with Crippen LogP contribution in [0.5, 0.6) is 0 Å². The largest absolute Gasteiger partial charge is 0.475 e. The molecule has 0 aromatic carbocycles. The molecule has 0 aliphatic rings. The number of esters is 1. The van der Waals surface area contributed by atoms with Gasteiger partial charge in [0, 0.05) is 6.04 Å². The number of sulfonamides is 1. The Bertz CT molecular complexity index is 617. The molecule has 1 rings (SSSR count). The van der Waals surface area contributed by atoms with Crippen LogP contribution in [0.15, 0.2) is 21.6 Å². The summed E-state index contributed by atoms with van der Waals surface area (Å²) < 4.78 is 35.2. The Morgan fingerprint density at radius 1 is 1.38 bits per heavy atom. The van der Waals surface area contributed by atoms with E-state index in [9.17, 15) is 18.0 Å². The number of ether oxygens (including phenoxy) is 1. The Kier molecular flexibility index (Phi) is 5.50. The van der Waals surface area contributed by atoms with Crippen molar-refractivity contribution >= 4 is 22.0 Å². The maximum absolute atomic E-state index is 12.4. The first kappa shape index (κ1) is 17.2. The van der Waals surface area contributed by atoms with Gasteiger partial charge >= 0.3 is 11.9 Å². The van der Waals surface area contributed by atoms with Gasteiger partial charge in [-0.3, -0.25) is 4.79 Å². The maximum atomic E-state index is 12.4. The summed E-state index contributed by atoms with van der Waals surface area (Å²) in [6.07, 6.45) is 0. The molecule has 0 aliphatic carbocycles. The van der Waals surface area contributed by atoms with Gasteiger partial charge in [0.2, 0.25) is 10.9 Å². The topological polar surface area (TPSA) is 114 Å². The van der Waals surface area contributed by atoms with Crippen LogP contribution in [0.25, 0.3) is 0 Å². The number of carbonyl (C=O) groups excluding carboxylic acids is 1. The quantitative estimate of drug-likeness (QED) is 0.744. The molecule has 0 aliphatic heterocycles. The third kappa shape index (κ3) is 4.05. The summed E-state index contributed by atoms with van der Waals surface area (Å²) in [6, 6.07) is 1.55. The molecule has 0 atom stereocenters. The first-order valence-electron chi connectivity index (χ1n) is 6.20. The van der Waals surface area contributed by atoms with Gasteiger partial charge in [-0.1, -0.05) is 0 Å². The predicted octanol–water partition coefficient (Wildman–Crippen LogP) is 0.940. The minimum absolute atomic E-state index is 0.134. The molecule has 0 fully saturated rings. The Balaban J connectivity index is 3.09. The summed E-state index contributed by atoms with van der Waals surface area (Å²) in [5.41, 5.74) is 0. The van der Waals surface area contributed by atoms with Crippen molar-refractivity contribution < 1.29 is 32.3 Å². The average Bonchev–Trinajstić information content (AvgIpc) is 2.86. The van der Waals surface area contributed by atoms with Gasteiger partial charge in [-0.05, 0) is 32.9 Å². The number of carboxylic acids is 1. The van der Waals surface area contributed by atoms with Crippen molar-refractivity contribution in [3.05, 3.63) is 17.9 Å². The van der Waals surface area contributed by atoms with Gasteiger partial charge in [-0.2, -0.15) is 4.31 Å². The molecular formula is C12H17NO7S. The summed E-state index contributed by atoms with van der Waals surface area (Å²) in [4.78, 5) is 22.2.